The number of rotatable bonds is 2. The van der Waals surface area contributed by atoms with Crippen molar-refractivity contribution in [2.24, 2.45) is 0 Å². The monoisotopic (exact) mass is 198 g/mol. The Kier molecular flexibility index (Phi) is 1.88. The molecule has 2 heteroatoms. The second-order valence-corrected chi connectivity index (χ2v) is 4.24. The highest BCUT2D eigenvalue weighted by Gasteiger charge is 2.28. The van der Waals surface area contributed by atoms with Gasteiger partial charge in [-0.1, -0.05) is 0 Å². The Morgan fingerprint density at radius 1 is 1.33 bits per heavy atom. The molecule has 15 heavy (non-hydrogen) atoms. The normalized spacial score (nSPS) is 15.5. The molecule has 1 fully saturated rings. The highest BCUT2D eigenvalue weighted by molar-refractivity contribution is 5.38. The van der Waals surface area contributed by atoms with E-state index >= 15 is 0 Å². The molecule has 2 nitrogen and oxygen atoms in total. The van der Waals surface area contributed by atoms with Gasteiger partial charge < -0.3 is 4.57 Å². The smallest absolute Gasteiger partial charge is 0.0636 e. The number of aryl methyl sites for hydroxylation is 1. The summed E-state index contributed by atoms with van der Waals surface area (Å²) in [7, 11) is 0. The predicted octanol–water partition coefficient (Wildman–Crippen LogP) is 3.06. The van der Waals surface area contributed by atoms with E-state index in [1.807, 2.05) is 18.5 Å². The molecule has 1 aliphatic carbocycles. The van der Waals surface area contributed by atoms with Gasteiger partial charge in [-0.05, 0) is 49.4 Å². The fraction of sp³-hybridized carbons (Fsp3) is 0.308. The van der Waals surface area contributed by atoms with Crippen molar-refractivity contribution in [2.45, 2.75) is 25.7 Å². The second kappa shape index (κ2) is 3.23. The minimum atomic E-state index is 0.778. The van der Waals surface area contributed by atoms with Crippen molar-refractivity contribution in [2.75, 3.05) is 0 Å². The average molecular weight is 198 g/mol. The van der Waals surface area contributed by atoms with E-state index in [1.165, 1.54) is 29.8 Å². The molecule has 76 valence electrons. The van der Waals surface area contributed by atoms with Crippen molar-refractivity contribution in [1.29, 1.82) is 0 Å². The van der Waals surface area contributed by atoms with Crippen molar-refractivity contribution in [1.82, 2.24) is 9.55 Å². The maximum Gasteiger partial charge on any atom is 0.0636 e. The Labute approximate surface area is 89.6 Å². The Bertz CT molecular complexity index is 467. The number of nitrogens with zero attached hydrogens (tertiary/aromatic N) is 2. The van der Waals surface area contributed by atoms with Crippen LogP contribution in [-0.4, -0.2) is 9.55 Å². The summed E-state index contributed by atoms with van der Waals surface area (Å²) in [4.78, 5) is 4.17. The molecule has 2 aromatic rings. The van der Waals surface area contributed by atoms with E-state index in [2.05, 4.69) is 34.8 Å². The summed E-state index contributed by atoms with van der Waals surface area (Å²) in [6.45, 7) is 2.19. The van der Waals surface area contributed by atoms with Gasteiger partial charge in [-0.3, -0.25) is 4.98 Å². The Morgan fingerprint density at radius 3 is 2.87 bits per heavy atom. The molecule has 0 aromatic carbocycles. The maximum absolute atomic E-state index is 4.17. The second-order valence-electron chi connectivity index (χ2n) is 4.24. The fourth-order valence-corrected chi connectivity index (χ4v) is 2.14. The molecule has 0 aliphatic heterocycles. The first-order valence-corrected chi connectivity index (χ1v) is 5.44. The number of pyridine rings is 1. The van der Waals surface area contributed by atoms with E-state index in [0.717, 1.165) is 5.92 Å². The quantitative estimate of drug-likeness (QED) is 0.725. The van der Waals surface area contributed by atoms with Crippen molar-refractivity contribution in [3.63, 3.8) is 0 Å². The summed E-state index contributed by atoms with van der Waals surface area (Å²) in [6.07, 6.45) is 8.57. The summed E-state index contributed by atoms with van der Waals surface area (Å²) < 4.78 is 2.28. The van der Waals surface area contributed by atoms with E-state index in [1.54, 1.807) is 0 Å². The van der Waals surface area contributed by atoms with Gasteiger partial charge in [0, 0.05) is 18.1 Å². The van der Waals surface area contributed by atoms with Gasteiger partial charge in [-0.15, -0.1) is 0 Å². The molecule has 1 aliphatic rings. The van der Waals surface area contributed by atoms with Gasteiger partial charge in [0.15, 0.2) is 0 Å². The van der Waals surface area contributed by atoms with Crippen molar-refractivity contribution in [3.05, 3.63) is 48.0 Å². The van der Waals surface area contributed by atoms with Crippen LogP contribution in [0.1, 0.15) is 30.0 Å². The van der Waals surface area contributed by atoms with Crippen LogP contribution in [-0.2, 0) is 0 Å². The zero-order valence-corrected chi connectivity index (χ0v) is 8.85. The maximum atomic E-state index is 4.17. The minimum Gasteiger partial charge on any atom is -0.319 e. The number of hydrogen-bond acceptors (Lipinski definition) is 1. The van der Waals surface area contributed by atoms with Crippen LogP contribution in [0.3, 0.4) is 0 Å². The molecule has 0 saturated heterocycles. The third-order valence-electron chi connectivity index (χ3n) is 3.03. The Hall–Kier alpha value is -1.57. The third-order valence-corrected chi connectivity index (χ3v) is 3.03. The van der Waals surface area contributed by atoms with Crippen LogP contribution in [0.4, 0.5) is 0 Å². The molecule has 0 bridgehead atoms. The number of hydrogen-bond donors (Lipinski definition) is 0. The molecule has 0 unspecified atom stereocenters. The zero-order valence-electron chi connectivity index (χ0n) is 8.85. The van der Waals surface area contributed by atoms with Crippen LogP contribution in [0.25, 0.3) is 5.69 Å². The summed E-state index contributed by atoms with van der Waals surface area (Å²) >= 11 is 0. The average Bonchev–Trinajstić information content (AvgIpc) is 3.03. The van der Waals surface area contributed by atoms with Gasteiger partial charge in [0.2, 0.25) is 0 Å². The first kappa shape index (κ1) is 8.72. The first-order chi connectivity index (χ1) is 7.36. The van der Waals surface area contributed by atoms with Gasteiger partial charge in [0.05, 0.1) is 11.9 Å². The Morgan fingerprint density at radius 2 is 2.20 bits per heavy atom. The molecule has 2 heterocycles. The SMILES string of the molecule is Cc1ccn(-c2cccnc2)c1C1CC1. The molecule has 1 saturated carbocycles. The molecule has 2 aromatic heterocycles. The van der Waals surface area contributed by atoms with Crippen molar-refractivity contribution in [3.8, 4) is 5.69 Å². The summed E-state index contributed by atoms with van der Waals surface area (Å²) in [6, 6.07) is 6.29. The minimum absolute atomic E-state index is 0.778. The van der Waals surface area contributed by atoms with Gasteiger partial charge >= 0.3 is 0 Å². The highest BCUT2D eigenvalue weighted by atomic mass is 15.0. The van der Waals surface area contributed by atoms with Crippen LogP contribution in [0, 0.1) is 6.92 Å². The number of aromatic nitrogens is 2. The molecule has 0 radical (unpaired) electrons. The van der Waals surface area contributed by atoms with Crippen LogP contribution in [0.5, 0.6) is 0 Å². The van der Waals surface area contributed by atoms with Gasteiger partial charge in [-0.25, -0.2) is 0 Å². The fourth-order valence-electron chi connectivity index (χ4n) is 2.14. The van der Waals surface area contributed by atoms with Crippen LogP contribution in [0.2, 0.25) is 0 Å². The van der Waals surface area contributed by atoms with Crippen LogP contribution >= 0.6 is 0 Å². The molecule has 0 N–H and O–H groups in total. The van der Waals surface area contributed by atoms with E-state index < -0.39 is 0 Å². The summed E-state index contributed by atoms with van der Waals surface area (Å²) in [5.74, 6) is 0.778. The predicted molar refractivity (Wildman–Crippen MR) is 60.3 cm³/mol. The van der Waals surface area contributed by atoms with Gasteiger partial charge in [-0.2, -0.15) is 0 Å². The lowest BCUT2D eigenvalue weighted by Crippen LogP contribution is -1.98. The highest BCUT2D eigenvalue weighted by Crippen LogP contribution is 2.42. The molecule has 3 rings (SSSR count). The summed E-state index contributed by atoms with van der Waals surface area (Å²) in [5.41, 5.74) is 4.05. The standard InChI is InChI=1S/C13H14N2/c1-10-6-8-15(13(10)11-4-5-11)12-3-2-7-14-9-12/h2-3,6-9,11H,4-5H2,1H3. The summed E-state index contributed by atoms with van der Waals surface area (Å²) in [5, 5.41) is 0. The van der Waals surface area contributed by atoms with Crippen molar-refractivity contribution >= 4 is 0 Å². The zero-order chi connectivity index (χ0) is 10.3. The van der Waals surface area contributed by atoms with Crippen LogP contribution < -0.4 is 0 Å². The first-order valence-electron chi connectivity index (χ1n) is 5.44. The van der Waals surface area contributed by atoms with Gasteiger partial charge in [0.1, 0.15) is 0 Å². The molecule has 0 spiro atoms. The van der Waals surface area contributed by atoms with E-state index in [0.29, 0.717) is 0 Å². The lowest BCUT2D eigenvalue weighted by Gasteiger charge is -2.08. The lowest BCUT2D eigenvalue weighted by molar-refractivity contribution is 0.910. The Balaban J connectivity index is 2.12. The van der Waals surface area contributed by atoms with E-state index in [9.17, 15) is 0 Å². The van der Waals surface area contributed by atoms with E-state index in [-0.39, 0.29) is 0 Å². The lowest BCUT2D eigenvalue weighted by atomic mass is 10.2. The largest absolute Gasteiger partial charge is 0.319 e. The topological polar surface area (TPSA) is 17.8 Å². The van der Waals surface area contributed by atoms with Crippen LogP contribution in [0.15, 0.2) is 36.8 Å². The third kappa shape index (κ3) is 1.46. The van der Waals surface area contributed by atoms with Gasteiger partial charge in [0.25, 0.3) is 0 Å². The molecule has 0 amide bonds. The van der Waals surface area contributed by atoms with Crippen molar-refractivity contribution < 1.29 is 0 Å². The molecule has 0 atom stereocenters. The molecular weight excluding hydrogens is 184 g/mol. The van der Waals surface area contributed by atoms with E-state index in [4.69, 9.17) is 0 Å². The molecular formula is C13H14N2.